The Labute approximate surface area is 110 Å². The highest BCUT2D eigenvalue weighted by atomic mass is 16.6. The van der Waals surface area contributed by atoms with E-state index in [1.54, 1.807) is 19.1 Å². The fraction of sp³-hybridized carbons (Fsp3) is 0.333. The SMILES string of the molecule is COC(=O)CC/C(C)=N/Nc1ccc([N+](=O)[O-])cc1. The van der Waals surface area contributed by atoms with Crippen molar-refractivity contribution < 1.29 is 14.5 Å². The van der Waals surface area contributed by atoms with Crippen LogP contribution in [0.5, 0.6) is 0 Å². The molecule has 7 heteroatoms. The molecule has 0 fully saturated rings. The minimum absolute atomic E-state index is 0.0249. The van der Waals surface area contributed by atoms with Crippen molar-refractivity contribution in [1.82, 2.24) is 0 Å². The molecule has 0 aliphatic carbocycles. The number of nitrogens with one attached hydrogen (secondary N) is 1. The molecule has 0 unspecified atom stereocenters. The Morgan fingerprint density at radius 1 is 1.37 bits per heavy atom. The molecule has 19 heavy (non-hydrogen) atoms. The van der Waals surface area contributed by atoms with Crippen molar-refractivity contribution in [1.29, 1.82) is 0 Å². The van der Waals surface area contributed by atoms with Crippen LogP contribution in [0.1, 0.15) is 19.8 Å². The van der Waals surface area contributed by atoms with Crippen LogP contribution in [0, 0.1) is 10.1 Å². The third-order valence-electron chi connectivity index (χ3n) is 2.37. The van der Waals surface area contributed by atoms with Gasteiger partial charge >= 0.3 is 5.97 Å². The molecular weight excluding hydrogens is 250 g/mol. The standard InChI is InChI=1S/C12H15N3O4/c1-9(3-8-12(16)19-2)13-14-10-4-6-11(7-5-10)15(17)18/h4-7,14H,3,8H2,1-2H3/b13-9+. The number of anilines is 1. The number of nitro benzene ring substituents is 1. The van der Waals surface area contributed by atoms with Gasteiger partial charge in [0.2, 0.25) is 0 Å². The summed E-state index contributed by atoms with van der Waals surface area (Å²) in [5.74, 6) is -0.287. The average molecular weight is 265 g/mol. The lowest BCUT2D eigenvalue weighted by molar-refractivity contribution is -0.384. The lowest BCUT2D eigenvalue weighted by atomic mass is 10.2. The molecule has 1 aromatic carbocycles. The van der Waals surface area contributed by atoms with Crippen LogP contribution in [0.2, 0.25) is 0 Å². The fourth-order valence-corrected chi connectivity index (χ4v) is 1.26. The van der Waals surface area contributed by atoms with Crippen LogP contribution in [0.4, 0.5) is 11.4 Å². The van der Waals surface area contributed by atoms with E-state index in [4.69, 9.17) is 0 Å². The summed E-state index contributed by atoms with van der Waals surface area (Å²) in [6.07, 6.45) is 0.764. The Morgan fingerprint density at radius 3 is 2.53 bits per heavy atom. The number of nitrogens with zero attached hydrogens (tertiary/aromatic N) is 2. The summed E-state index contributed by atoms with van der Waals surface area (Å²) in [4.78, 5) is 20.9. The van der Waals surface area contributed by atoms with Crippen LogP contribution < -0.4 is 5.43 Å². The van der Waals surface area contributed by atoms with Crippen LogP contribution in [0.3, 0.4) is 0 Å². The number of esters is 1. The fourth-order valence-electron chi connectivity index (χ4n) is 1.26. The lowest BCUT2D eigenvalue weighted by Gasteiger charge is -2.03. The minimum Gasteiger partial charge on any atom is -0.469 e. The normalized spacial score (nSPS) is 10.9. The van der Waals surface area contributed by atoms with Gasteiger partial charge in [-0.15, -0.1) is 0 Å². The molecule has 1 rings (SSSR count). The van der Waals surface area contributed by atoms with Gasteiger partial charge in [0.15, 0.2) is 0 Å². The van der Waals surface area contributed by atoms with E-state index in [1.165, 1.54) is 19.2 Å². The maximum absolute atomic E-state index is 10.9. The van der Waals surface area contributed by atoms with E-state index >= 15 is 0 Å². The predicted octanol–water partition coefficient (Wildman–Crippen LogP) is 2.34. The summed E-state index contributed by atoms with van der Waals surface area (Å²) in [6.45, 7) is 1.78. The number of hydrogen-bond acceptors (Lipinski definition) is 6. The smallest absolute Gasteiger partial charge is 0.305 e. The molecule has 0 aliphatic rings. The molecular formula is C12H15N3O4. The van der Waals surface area contributed by atoms with E-state index in [2.05, 4.69) is 15.3 Å². The molecule has 0 aromatic heterocycles. The Kier molecular flexibility index (Phi) is 5.46. The van der Waals surface area contributed by atoms with Crippen LogP contribution >= 0.6 is 0 Å². The van der Waals surface area contributed by atoms with Crippen LogP contribution in [0.15, 0.2) is 29.4 Å². The highest BCUT2D eigenvalue weighted by Gasteiger charge is 2.04. The van der Waals surface area contributed by atoms with Gasteiger partial charge in [-0.25, -0.2) is 0 Å². The largest absolute Gasteiger partial charge is 0.469 e. The molecule has 0 heterocycles. The van der Waals surface area contributed by atoms with Gasteiger partial charge in [0.25, 0.3) is 5.69 Å². The first-order valence-corrected chi connectivity index (χ1v) is 5.63. The quantitative estimate of drug-likeness (QED) is 0.368. The second kappa shape index (κ2) is 7.10. The number of hydrazone groups is 1. The Bertz CT molecular complexity index is 482. The molecule has 0 aliphatic heterocycles. The van der Waals surface area contributed by atoms with E-state index in [9.17, 15) is 14.9 Å². The van der Waals surface area contributed by atoms with Crippen molar-refractivity contribution in [2.75, 3.05) is 12.5 Å². The summed E-state index contributed by atoms with van der Waals surface area (Å²) < 4.78 is 4.52. The number of non-ortho nitro benzene ring substituents is 1. The first-order valence-electron chi connectivity index (χ1n) is 5.63. The molecule has 1 N–H and O–H groups in total. The van der Waals surface area contributed by atoms with Gasteiger partial charge < -0.3 is 4.74 Å². The molecule has 0 bridgehead atoms. The third kappa shape index (κ3) is 5.15. The number of methoxy groups -OCH3 is 1. The molecule has 0 spiro atoms. The summed E-state index contributed by atoms with van der Waals surface area (Å²) in [5, 5.41) is 14.5. The number of nitro groups is 1. The molecule has 0 saturated carbocycles. The maximum atomic E-state index is 10.9. The molecule has 0 radical (unpaired) electrons. The van der Waals surface area contributed by atoms with E-state index in [1.807, 2.05) is 0 Å². The molecule has 7 nitrogen and oxygen atoms in total. The first-order chi connectivity index (χ1) is 9.02. The van der Waals surface area contributed by atoms with Crippen molar-refractivity contribution in [3.63, 3.8) is 0 Å². The Balaban J connectivity index is 2.50. The zero-order valence-electron chi connectivity index (χ0n) is 10.8. The summed E-state index contributed by atoms with van der Waals surface area (Å²) in [7, 11) is 1.34. The Hall–Kier alpha value is -2.44. The van der Waals surface area contributed by atoms with Gasteiger partial charge in [0.1, 0.15) is 0 Å². The molecule has 0 atom stereocenters. The maximum Gasteiger partial charge on any atom is 0.305 e. The van der Waals surface area contributed by atoms with Crippen molar-refractivity contribution in [3.05, 3.63) is 34.4 Å². The molecule has 0 saturated heterocycles. The van der Waals surface area contributed by atoms with Gasteiger partial charge in [0.05, 0.1) is 24.1 Å². The van der Waals surface area contributed by atoms with Gasteiger partial charge in [-0.1, -0.05) is 0 Å². The van der Waals surface area contributed by atoms with Crippen molar-refractivity contribution >= 4 is 23.1 Å². The number of carbonyl (C=O) groups is 1. The van der Waals surface area contributed by atoms with Gasteiger partial charge in [-0.3, -0.25) is 20.3 Å². The van der Waals surface area contributed by atoms with E-state index in [-0.39, 0.29) is 18.1 Å². The highest BCUT2D eigenvalue weighted by molar-refractivity contribution is 5.86. The number of ether oxygens (including phenoxy) is 1. The topological polar surface area (TPSA) is 93.8 Å². The van der Waals surface area contributed by atoms with Gasteiger partial charge in [0, 0.05) is 17.8 Å². The average Bonchev–Trinajstić information content (AvgIpc) is 2.42. The summed E-state index contributed by atoms with van der Waals surface area (Å²) in [6, 6.07) is 5.91. The second-order valence-corrected chi connectivity index (χ2v) is 3.84. The first kappa shape index (κ1) is 14.6. The van der Waals surface area contributed by atoms with Crippen LogP contribution in [0.25, 0.3) is 0 Å². The van der Waals surface area contributed by atoms with Crippen LogP contribution in [-0.2, 0) is 9.53 Å². The number of carbonyl (C=O) groups excluding carboxylic acids is 1. The highest BCUT2D eigenvalue weighted by Crippen LogP contribution is 2.15. The van der Waals surface area contributed by atoms with E-state index < -0.39 is 4.92 Å². The monoisotopic (exact) mass is 265 g/mol. The van der Waals surface area contributed by atoms with E-state index in [0.717, 1.165) is 5.71 Å². The van der Waals surface area contributed by atoms with Gasteiger partial charge in [-0.05, 0) is 25.5 Å². The molecule has 102 valence electrons. The molecule has 0 amide bonds. The zero-order valence-corrected chi connectivity index (χ0v) is 10.8. The number of rotatable bonds is 6. The third-order valence-corrected chi connectivity index (χ3v) is 2.37. The number of hydrogen-bond donors (Lipinski definition) is 1. The summed E-state index contributed by atoms with van der Waals surface area (Å²) in [5.41, 5.74) is 4.17. The molecule has 1 aromatic rings. The van der Waals surface area contributed by atoms with Crippen molar-refractivity contribution in [2.45, 2.75) is 19.8 Å². The van der Waals surface area contributed by atoms with E-state index in [0.29, 0.717) is 12.1 Å². The lowest BCUT2D eigenvalue weighted by Crippen LogP contribution is -2.04. The minimum atomic E-state index is -0.464. The second-order valence-electron chi connectivity index (χ2n) is 3.84. The predicted molar refractivity (Wildman–Crippen MR) is 71.1 cm³/mol. The number of benzene rings is 1. The van der Waals surface area contributed by atoms with Gasteiger partial charge in [-0.2, -0.15) is 5.10 Å². The summed E-state index contributed by atoms with van der Waals surface area (Å²) >= 11 is 0. The van der Waals surface area contributed by atoms with Crippen LogP contribution in [-0.4, -0.2) is 23.7 Å². The zero-order chi connectivity index (χ0) is 14.3. The Morgan fingerprint density at radius 2 is 2.00 bits per heavy atom. The van der Waals surface area contributed by atoms with Crippen molar-refractivity contribution in [2.24, 2.45) is 5.10 Å². The van der Waals surface area contributed by atoms with Crippen molar-refractivity contribution in [3.8, 4) is 0 Å².